The zero-order valence-electron chi connectivity index (χ0n) is 10.0. The average Bonchev–Trinajstić information content (AvgIpc) is 3.08. The van der Waals surface area contributed by atoms with Crippen molar-refractivity contribution >= 4 is 5.78 Å². The first-order valence-corrected chi connectivity index (χ1v) is 6.11. The number of hydrogen-bond acceptors (Lipinski definition) is 3. The summed E-state index contributed by atoms with van der Waals surface area (Å²) in [4.78, 5) is 12.5. The molecule has 92 valence electrons. The van der Waals surface area contributed by atoms with E-state index < -0.39 is 0 Å². The van der Waals surface area contributed by atoms with Gasteiger partial charge < -0.3 is 5.73 Å². The Morgan fingerprint density at radius 3 is 2.61 bits per heavy atom. The van der Waals surface area contributed by atoms with Gasteiger partial charge in [-0.15, -0.1) is 0 Å². The first kappa shape index (κ1) is 11.2. The normalized spacial score (nSPS) is 16.5. The number of ketones is 1. The number of carbonyl (C=O) groups excluding carboxylic acids is 1. The molecule has 18 heavy (non-hydrogen) atoms. The van der Waals surface area contributed by atoms with E-state index in [0.29, 0.717) is 12.2 Å². The third kappa shape index (κ3) is 1.66. The molecular formula is C14H15N3O. The number of para-hydroxylation sites is 1. The van der Waals surface area contributed by atoms with Gasteiger partial charge in [0.2, 0.25) is 0 Å². The molecule has 2 aromatic rings. The van der Waals surface area contributed by atoms with Crippen molar-refractivity contribution < 1.29 is 4.79 Å². The zero-order valence-corrected chi connectivity index (χ0v) is 10.0. The molecule has 1 heterocycles. The predicted molar refractivity (Wildman–Crippen MR) is 68.6 cm³/mol. The topological polar surface area (TPSA) is 60.9 Å². The van der Waals surface area contributed by atoms with Crippen LogP contribution in [0.3, 0.4) is 0 Å². The zero-order chi connectivity index (χ0) is 12.6. The van der Waals surface area contributed by atoms with E-state index >= 15 is 0 Å². The molecule has 0 spiro atoms. The molecule has 2 N–H and O–H groups in total. The van der Waals surface area contributed by atoms with Gasteiger partial charge >= 0.3 is 0 Å². The molecule has 0 radical (unpaired) electrons. The second-order valence-electron chi connectivity index (χ2n) is 4.78. The highest BCUT2D eigenvalue weighted by molar-refractivity contribution is 6.01. The Labute approximate surface area is 105 Å². The van der Waals surface area contributed by atoms with Crippen molar-refractivity contribution in [2.45, 2.75) is 12.8 Å². The highest BCUT2D eigenvalue weighted by Gasteiger charge is 2.49. The lowest BCUT2D eigenvalue weighted by atomic mass is 9.98. The molecule has 0 bridgehead atoms. The summed E-state index contributed by atoms with van der Waals surface area (Å²) in [5.41, 5.74) is 6.92. The van der Waals surface area contributed by atoms with E-state index in [1.165, 1.54) is 0 Å². The van der Waals surface area contributed by atoms with Crippen LogP contribution in [0.2, 0.25) is 0 Å². The maximum atomic E-state index is 12.5. The van der Waals surface area contributed by atoms with E-state index in [4.69, 9.17) is 5.73 Å². The SMILES string of the molecule is NCC1(C(=O)c2ccnn2-c2ccccc2)CC1. The smallest absolute Gasteiger partial charge is 0.188 e. The van der Waals surface area contributed by atoms with Crippen molar-refractivity contribution in [3.63, 3.8) is 0 Å². The van der Waals surface area contributed by atoms with Crippen LogP contribution in [0.1, 0.15) is 23.3 Å². The molecule has 0 amide bonds. The molecule has 4 nitrogen and oxygen atoms in total. The van der Waals surface area contributed by atoms with Gasteiger partial charge in [0, 0.05) is 12.0 Å². The fourth-order valence-corrected chi connectivity index (χ4v) is 2.20. The summed E-state index contributed by atoms with van der Waals surface area (Å²) in [5.74, 6) is 0.117. The van der Waals surface area contributed by atoms with Gasteiger partial charge in [-0.25, -0.2) is 4.68 Å². The van der Waals surface area contributed by atoms with Gasteiger partial charge in [0.05, 0.1) is 11.9 Å². The van der Waals surface area contributed by atoms with Crippen LogP contribution in [0, 0.1) is 5.41 Å². The minimum Gasteiger partial charge on any atom is -0.329 e. The first-order chi connectivity index (χ1) is 8.77. The van der Waals surface area contributed by atoms with Crippen molar-refractivity contribution in [3.05, 3.63) is 48.3 Å². The molecule has 1 fully saturated rings. The molecule has 0 atom stereocenters. The van der Waals surface area contributed by atoms with E-state index in [1.54, 1.807) is 16.9 Å². The number of benzene rings is 1. The summed E-state index contributed by atoms with van der Waals surface area (Å²) in [6, 6.07) is 11.4. The fourth-order valence-electron chi connectivity index (χ4n) is 2.20. The fraction of sp³-hybridized carbons (Fsp3) is 0.286. The van der Waals surface area contributed by atoms with Crippen LogP contribution in [-0.2, 0) is 0 Å². The largest absolute Gasteiger partial charge is 0.329 e. The Hall–Kier alpha value is -1.94. The van der Waals surface area contributed by atoms with E-state index in [1.807, 2.05) is 30.3 Å². The van der Waals surface area contributed by atoms with Crippen molar-refractivity contribution in [2.24, 2.45) is 11.1 Å². The van der Waals surface area contributed by atoms with Crippen LogP contribution in [0.25, 0.3) is 5.69 Å². The maximum Gasteiger partial charge on any atom is 0.188 e. The van der Waals surface area contributed by atoms with E-state index in [2.05, 4.69) is 5.10 Å². The molecule has 1 aromatic carbocycles. The number of carbonyl (C=O) groups is 1. The molecule has 0 saturated heterocycles. The van der Waals surface area contributed by atoms with Crippen LogP contribution in [-0.4, -0.2) is 22.1 Å². The molecule has 1 aliphatic carbocycles. The average molecular weight is 241 g/mol. The molecule has 1 aromatic heterocycles. The van der Waals surface area contributed by atoms with Gasteiger partial charge in [-0.05, 0) is 31.0 Å². The van der Waals surface area contributed by atoms with Crippen molar-refractivity contribution in [3.8, 4) is 5.69 Å². The quantitative estimate of drug-likeness (QED) is 0.830. The number of hydrogen-bond donors (Lipinski definition) is 1. The van der Waals surface area contributed by atoms with Crippen LogP contribution in [0.5, 0.6) is 0 Å². The van der Waals surface area contributed by atoms with Gasteiger partial charge in [0.15, 0.2) is 5.78 Å². The standard InChI is InChI=1S/C14H15N3O/c15-10-14(7-8-14)13(18)12-6-9-16-17(12)11-4-2-1-3-5-11/h1-6,9H,7-8,10,15H2. The molecule has 0 unspecified atom stereocenters. The number of aromatic nitrogens is 2. The van der Waals surface area contributed by atoms with Crippen LogP contribution in [0.4, 0.5) is 0 Å². The number of Topliss-reactive ketones (excluding diaryl/α,β-unsaturated/α-hetero) is 1. The van der Waals surface area contributed by atoms with Crippen molar-refractivity contribution in [1.29, 1.82) is 0 Å². The molecule has 1 saturated carbocycles. The highest BCUT2D eigenvalue weighted by atomic mass is 16.1. The summed E-state index contributed by atoms with van der Waals surface area (Å²) in [5, 5.41) is 4.24. The third-order valence-electron chi connectivity index (χ3n) is 3.60. The van der Waals surface area contributed by atoms with Gasteiger partial charge in [-0.3, -0.25) is 4.79 Å². The minimum atomic E-state index is -0.327. The predicted octanol–water partition coefficient (Wildman–Crippen LogP) is 1.79. The molecule has 4 heteroatoms. The lowest BCUT2D eigenvalue weighted by Crippen LogP contribution is -2.27. The Bertz CT molecular complexity index is 570. The first-order valence-electron chi connectivity index (χ1n) is 6.11. The van der Waals surface area contributed by atoms with E-state index in [0.717, 1.165) is 18.5 Å². The molecule has 0 aliphatic heterocycles. The Balaban J connectivity index is 2.00. The monoisotopic (exact) mass is 241 g/mol. The Kier molecular flexibility index (Phi) is 2.52. The van der Waals surface area contributed by atoms with Crippen molar-refractivity contribution in [2.75, 3.05) is 6.54 Å². The maximum absolute atomic E-state index is 12.5. The lowest BCUT2D eigenvalue weighted by molar-refractivity contribution is 0.0897. The molecule has 1 aliphatic rings. The number of rotatable bonds is 4. The summed E-state index contributed by atoms with van der Waals surface area (Å²) in [6.07, 6.45) is 3.44. The van der Waals surface area contributed by atoms with Gasteiger partial charge in [0.25, 0.3) is 0 Å². The summed E-state index contributed by atoms with van der Waals surface area (Å²) >= 11 is 0. The lowest BCUT2D eigenvalue weighted by Gasteiger charge is -2.12. The number of nitrogens with zero attached hydrogens (tertiary/aromatic N) is 2. The van der Waals surface area contributed by atoms with Gasteiger partial charge in [-0.1, -0.05) is 18.2 Å². The van der Waals surface area contributed by atoms with E-state index in [-0.39, 0.29) is 11.2 Å². The van der Waals surface area contributed by atoms with Gasteiger partial charge in [0.1, 0.15) is 5.69 Å². The Morgan fingerprint density at radius 2 is 2.00 bits per heavy atom. The summed E-state index contributed by atoms with van der Waals surface area (Å²) < 4.78 is 1.69. The van der Waals surface area contributed by atoms with Crippen LogP contribution >= 0.6 is 0 Å². The summed E-state index contributed by atoms with van der Waals surface area (Å²) in [7, 11) is 0. The highest BCUT2D eigenvalue weighted by Crippen LogP contribution is 2.47. The summed E-state index contributed by atoms with van der Waals surface area (Å²) in [6.45, 7) is 0.422. The molecule has 3 rings (SSSR count). The van der Waals surface area contributed by atoms with E-state index in [9.17, 15) is 4.79 Å². The second-order valence-corrected chi connectivity index (χ2v) is 4.78. The number of nitrogens with two attached hydrogens (primary N) is 1. The van der Waals surface area contributed by atoms with Crippen molar-refractivity contribution in [1.82, 2.24) is 9.78 Å². The third-order valence-corrected chi connectivity index (χ3v) is 3.60. The second kappa shape index (κ2) is 4.07. The molecular weight excluding hydrogens is 226 g/mol. The Morgan fingerprint density at radius 1 is 1.28 bits per heavy atom. The van der Waals surface area contributed by atoms with Crippen LogP contribution in [0.15, 0.2) is 42.6 Å². The minimum absolute atomic E-state index is 0.117. The van der Waals surface area contributed by atoms with Gasteiger partial charge in [-0.2, -0.15) is 5.10 Å². The van der Waals surface area contributed by atoms with Crippen LogP contribution < -0.4 is 5.73 Å².